The van der Waals surface area contributed by atoms with Crippen molar-refractivity contribution in [2.45, 2.75) is 141 Å². The summed E-state index contributed by atoms with van der Waals surface area (Å²) in [6.07, 6.45) is -4.69. The van der Waals surface area contributed by atoms with Gasteiger partial charge in [-0.25, -0.2) is 0 Å². The summed E-state index contributed by atoms with van der Waals surface area (Å²) in [7, 11) is -6.60. The fourth-order valence-corrected chi connectivity index (χ4v) is 16.8. The molecule has 0 N–H and O–H groups in total. The van der Waals surface area contributed by atoms with Gasteiger partial charge >= 0.3 is 18.0 Å². The Labute approximate surface area is 317 Å². The van der Waals surface area contributed by atoms with Crippen LogP contribution in [0, 0.1) is 5.92 Å². The van der Waals surface area contributed by atoms with Crippen LogP contribution in [0.25, 0.3) is 0 Å². The smallest absolute Gasteiger partial charge is 0.409 e. The molecule has 2 aromatic carbocycles. The fourth-order valence-electron chi connectivity index (χ4n) is 7.07. The van der Waals surface area contributed by atoms with Gasteiger partial charge < -0.3 is 8.85 Å². The summed E-state index contributed by atoms with van der Waals surface area (Å²) in [6.45, 7) is 21.4. The molecule has 0 aromatic heterocycles. The van der Waals surface area contributed by atoms with Gasteiger partial charge in [-0.15, -0.1) is 0 Å². The van der Waals surface area contributed by atoms with Crippen LogP contribution in [0.4, 0.5) is 30.7 Å². The second-order valence-electron chi connectivity index (χ2n) is 15.3. The normalized spacial score (nSPS) is 16.5. The number of hydrogen-bond acceptors (Lipinski definition) is 2. The Morgan fingerprint density at radius 1 is 0.765 bits per heavy atom. The highest BCUT2D eigenvalue weighted by Crippen LogP contribution is 2.51. The number of rotatable bonds is 17. The number of hydrogen-bond donors (Lipinski definition) is 0. The van der Waals surface area contributed by atoms with Gasteiger partial charge in [0.15, 0.2) is 8.32 Å². The molecule has 2 rings (SSSR count). The summed E-state index contributed by atoms with van der Waals surface area (Å²) in [4.78, 5) is 0. The van der Waals surface area contributed by atoms with Crippen molar-refractivity contribution in [3.63, 3.8) is 0 Å². The third-order valence-corrected chi connectivity index (χ3v) is 21.4. The van der Waals surface area contributed by atoms with Gasteiger partial charge in [-0.3, -0.25) is 0 Å². The molecule has 0 aliphatic carbocycles. The van der Waals surface area contributed by atoms with Crippen LogP contribution in [0.1, 0.15) is 89.0 Å². The largest absolute Gasteiger partial charge is 0.459 e. The minimum absolute atomic E-state index is 0.355. The zero-order valence-corrected chi connectivity index (χ0v) is 35.9. The third-order valence-electron chi connectivity index (χ3n) is 10.3. The van der Waals surface area contributed by atoms with E-state index in [4.69, 9.17) is 8.85 Å². The van der Waals surface area contributed by atoms with Crippen LogP contribution < -0.4 is 10.4 Å². The van der Waals surface area contributed by atoms with Gasteiger partial charge in [-0.05, 0) is 91.5 Å². The van der Waals surface area contributed by atoms with E-state index in [2.05, 4.69) is 73.7 Å². The summed E-state index contributed by atoms with van der Waals surface area (Å²) in [5, 5.41) is 1.81. The first kappa shape index (κ1) is 45.7. The lowest BCUT2D eigenvalue weighted by Gasteiger charge is -2.49. The Hall–Kier alpha value is -1.49. The predicted octanol–water partition coefficient (Wildman–Crippen LogP) is 12.6. The maximum Gasteiger partial charge on any atom is 0.459 e. The second kappa shape index (κ2) is 17.8. The van der Waals surface area contributed by atoms with Gasteiger partial charge in [0, 0.05) is 12.3 Å². The number of alkyl halides is 7. The van der Waals surface area contributed by atoms with E-state index < -0.39 is 59.3 Å². The molecule has 0 unspecified atom stereocenters. The molecule has 0 spiro atoms. The van der Waals surface area contributed by atoms with Crippen molar-refractivity contribution in [2.75, 3.05) is 0 Å². The van der Waals surface area contributed by atoms with Crippen LogP contribution in [0.3, 0.4) is 0 Å². The predicted molar refractivity (Wildman–Crippen MR) is 210 cm³/mol. The van der Waals surface area contributed by atoms with Crippen molar-refractivity contribution in [3.8, 4) is 0 Å². The van der Waals surface area contributed by atoms with E-state index in [1.54, 1.807) is 27.7 Å². The monoisotopic (exact) mass is 872 g/mol. The maximum atomic E-state index is 14.9. The van der Waals surface area contributed by atoms with Crippen molar-refractivity contribution >= 4 is 49.6 Å². The van der Waals surface area contributed by atoms with Crippen molar-refractivity contribution < 1.29 is 39.6 Å². The quantitative estimate of drug-likeness (QED) is 0.0682. The fraction of sp³-hybridized carbons (Fsp3) is 0.590. The maximum absolute atomic E-state index is 14.9. The molecule has 0 fully saturated rings. The molecular formula is C39H56F7IO2Si2. The molecule has 288 valence electrons. The minimum Gasteiger partial charge on any atom is -0.409 e. The van der Waals surface area contributed by atoms with E-state index in [-0.39, 0.29) is 22.0 Å². The zero-order valence-electron chi connectivity index (χ0n) is 31.8. The third kappa shape index (κ3) is 10.2. The van der Waals surface area contributed by atoms with Crippen molar-refractivity contribution in [2.24, 2.45) is 5.92 Å². The summed E-state index contributed by atoms with van der Waals surface area (Å²) in [5.41, 5.74) is 0.0543. The number of halogens is 8. The Morgan fingerprint density at radius 2 is 1.22 bits per heavy atom. The first-order valence-corrected chi connectivity index (χ1v) is 22.8. The first-order chi connectivity index (χ1) is 23.3. The molecule has 3 atom stereocenters. The second-order valence-corrected chi connectivity index (χ2v) is 26.2. The molecule has 0 aliphatic heterocycles. The number of benzene rings is 2. The van der Waals surface area contributed by atoms with Crippen LogP contribution in [-0.2, 0) is 8.85 Å². The molecule has 0 aliphatic rings. The van der Waals surface area contributed by atoms with Crippen LogP contribution in [0.15, 0.2) is 82.0 Å². The van der Waals surface area contributed by atoms with Gasteiger partial charge in [-0.1, -0.05) is 128 Å². The van der Waals surface area contributed by atoms with Crippen molar-refractivity contribution in [3.05, 3.63) is 82.0 Å². The summed E-state index contributed by atoms with van der Waals surface area (Å²) < 4.78 is 113. The molecule has 51 heavy (non-hydrogen) atoms. The van der Waals surface area contributed by atoms with Gasteiger partial charge in [0.2, 0.25) is 0 Å². The van der Waals surface area contributed by atoms with Crippen molar-refractivity contribution in [1.82, 2.24) is 0 Å². The van der Waals surface area contributed by atoms with Gasteiger partial charge in [-0.2, -0.15) is 30.7 Å². The molecular weight excluding hydrogens is 816 g/mol. The van der Waals surface area contributed by atoms with E-state index in [0.29, 0.717) is 6.42 Å². The summed E-state index contributed by atoms with van der Waals surface area (Å²) in [5.74, 6) is -11.8. The highest BCUT2D eigenvalue weighted by molar-refractivity contribution is 14.1. The minimum atomic E-state index is -6.38. The first-order valence-electron chi connectivity index (χ1n) is 17.6. The van der Waals surface area contributed by atoms with E-state index in [1.165, 1.54) is 0 Å². The average molecular weight is 873 g/mol. The van der Waals surface area contributed by atoms with Gasteiger partial charge in [0.25, 0.3) is 8.32 Å². The van der Waals surface area contributed by atoms with E-state index in [9.17, 15) is 30.7 Å². The SMILES string of the molecule is C/C=C(\C)[C@H](O[Si](CCC(F)(F)C(F)(F)C(F)(F)F)(C(C)C)C(C)C)[C@@H](C)[C@H](C/C=C(\C)I)O[Si](c1ccccc1)(c1ccccc1)C(C)(C)C. The lowest BCUT2D eigenvalue weighted by atomic mass is 9.91. The molecule has 0 amide bonds. The van der Waals surface area contributed by atoms with Crippen LogP contribution >= 0.6 is 22.6 Å². The van der Waals surface area contributed by atoms with Crippen LogP contribution in [-0.4, -0.2) is 46.9 Å². The van der Waals surface area contributed by atoms with Crippen LogP contribution in [0.2, 0.25) is 22.2 Å². The standard InChI is InChI=1S/C39H56F7IO2Si2/c1-12-29(6)35(49-50(27(2)3,28(4)5)26-25-37(40,41)38(42,43)39(44,45)46)31(8)34(24-23-30(7)47)48-51(36(9,10)11,32-19-15-13-16-20-32)33-21-17-14-18-22-33/h12-23,27-28,31,34-35H,24-26H2,1-11H3/b29-12+,30-23+/t31-,34-,35-/m0/s1. The van der Waals surface area contributed by atoms with E-state index in [1.807, 2.05) is 70.2 Å². The highest BCUT2D eigenvalue weighted by atomic mass is 127. The lowest BCUT2D eigenvalue weighted by Crippen LogP contribution is -2.68. The molecule has 12 heteroatoms. The summed E-state index contributed by atoms with van der Waals surface area (Å²) in [6, 6.07) is 19.8. The molecule has 0 saturated carbocycles. The topological polar surface area (TPSA) is 18.5 Å². The zero-order chi connectivity index (χ0) is 39.2. The lowest BCUT2D eigenvalue weighted by molar-refractivity contribution is -0.354. The van der Waals surface area contributed by atoms with Crippen LogP contribution in [0.5, 0.6) is 0 Å². The highest BCUT2D eigenvalue weighted by Gasteiger charge is 2.72. The van der Waals surface area contributed by atoms with Gasteiger partial charge in [0.05, 0.1) is 12.2 Å². The molecule has 2 aromatic rings. The Morgan fingerprint density at radius 3 is 1.57 bits per heavy atom. The molecule has 0 saturated heterocycles. The molecule has 0 bridgehead atoms. The average Bonchev–Trinajstić information content (AvgIpc) is 3.03. The molecule has 2 nitrogen and oxygen atoms in total. The molecule has 0 heterocycles. The Kier molecular flexibility index (Phi) is 15.9. The Balaban J connectivity index is 2.81. The Bertz CT molecular complexity index is 1390. The van der Waals surface area contributed by atoms with Gasteiger partial charge in [0.1, 0.15) is 0 Å². The summed E-state index contributed by atoms with van der Waals surface area (Å²) >= 11 is 2.25. The van der Waals surface area contributed by atoms with Crippen molar-refractivity contribution in [1.29, 1.82) is 0 Å². The number of allylic oxidation sites excluding steroid dienone is 2. The molecule has 0 radical (unpaired) electrons. The van der Waals surface area contributed by atoms with E-state index >= 15 is 0 Å². The van der Waals surface area contributed by atoms with E-state index in [0.717, 1.165) is 19.5 Å².